The molecule has 0 radical (unpaired) electrons. The molecule has 3 heterocycles. The van der Waals surface area contributed by atoms with Crippen LogP contribution in [0.2, 0.25) is 0 Å². The number of nitrogens with zero attached hydrogens (tertiary/aromatic N) is 3. The highest BCUT2D eigenvalue weighted by atomic mass is 16.3. The molecule has 3 aromatic rings. The lowest BCUT2D eigenvalue weighted by molar-refractivity contribution is 0.437. The SMILES string of the molecule is Cc1cnn2c(NCc3ccoc3)cc(C3CCCCC3)nc12. The monoisotopic (exact) mass is 310 g/mol. The lowest BCUT2D eigenvalue weighted by Crippen LogP contribution is -2.11. The van der Waals surface area contributed by atoms with Crippen molar-refractivity contribution in [3.63, 3.8) is 0 Å². The number of fused-ring (bicyclic) bond motifs is 1. The molecule has 0 aliphatic heterocycles. The molecule has 1 N–H and O–H groups in total. The maximum absolute atomic E-state index is 5.14. The minimum Gasteiger partial charge on any atom is -0.472 e. The zero-order valence-electron chi connectivity index (χ0n) is 13.5. The number of hydrogen-bond donors (Lipinski definition) is 1. The fourth-order valence-electron chi connectivity index (χ4n) is 3.41. The van der Waals surface area contributed by atoms with Crippen molar-refractivity contribution in [1.29, 1.82) is 0 Å². The van der Waals surface area contributed by atoms with E-state index in [9.17, 15) is 0 Å². The first kappa shape index (κ1) is 14.3. The average molecular weight is 310 g/mol. The predicted molar refractivity (Wildman–Crippen MR) is 89.6 cm³/mol. The number of furan rings is 1. The van der Waals surface area contributed by atoms with Crippen LogP contribution in [0, 0.1) is 6.92 Å². The molecule has 0 saturated heterocycles. The molecule has 0 atom stereocenters. The molecule has 0 spiro atoms. The standard InChI is InChI=1S/C18H22N4O/c1-13-10-20-22-17(19-11-14-7-8-23-12-14)9-16(21-18(13)22)15-5-3-2-4-6-15/h7-10,12,15,19H,2-6,11H2,1H3. The minimum absolute atomic E-state index is 0.581. The van der Waals surface area contributed by atoms with Gasteiger partial charge in [-0.3, -0.25) is 0 Å². The van der Waals surface area contributed by atoms with Crippen LogP contribution in [0.3, 0.4) is 0 Å². The van der Waals surface area contributed by atoms with Gasteiger partial charge in [-0.2, -0.15) is 9.61 Å². The number of rotatable bonds is 4. The Morgan fingerprint density at radius 3 is 2.96 bits per heavy atom. The molecule has 0 amide bonds. The zero-order valence-corrected chi connectivity index (χ0v) is 13.5. The predicted octanol–water partition coefficient (Wildman–Crippen LogP) is 4.29. The summed E-state index contributed by atoms with van der Waals surface area (Å²) in [4.78, 5) is 4.91. The van der Waals surface area contributed by atoms with Crippen LogP contribution in [-0.4, -0.2) is 14.6 Å². The molecule has 5 heteroatoms. The van der Waals surface area contributed by atoms with Gasteiger partial charge in [-0.1, -0.05) is 19.3 Å². The quantitative estimate of drug-likeness (QED) is 0.781. The van der Waals surface area contributed by atoms with E-state index in [-0.39, 0.29) is 0 Å². The Morgan fingerprint density at radius 2 is 2.17 bits per heavy atom. The van der Waals surface area contributed by atoms with Crippen LogP contribution in [0.25, 0.3) is 5.65 Å². The van der Waals surface area contributed by atoms with Gasteiger partial charge in [0, 0.05) is 35.3 Å². The molecular weight excluding hydrogens is 288 g/mol. The molecule has 1 aliphatic carbocycles. The molecule has 0 bridgehead atoms. The summed E-state index contributed by atoms with van der Waals surface area (Å²) in [5, 5.41) is 7.96. The summed E-state index contributed by atoms with van der Waals surface area (Å²) in [5.41, 5.74) is 4.41. The largest absolute Gasteiger partial charge is 0.472 e. The smallest absolute Gasteiger partial charge is 0.160 e. The summed E-state index contributed by atoms with van der Waals surface area (Å²) < 4.78 is 7.04. The Morgan fingerprint density at radius 1 is 1.30 bits per heavy atom. The molecule has 3 aromatic heterocycles. The second kappa shape index (κ2) is 6.07. The van der Waals surface area contributed by atoms with Crippen LogP contribution < -0.4 is 5.32 Å². The molecule has 120 valence electrons. The lowest BCUT2D eigenvalue weighted by atomic mass is 9.87. The molecule has 0 unspecified atom stereocenters. The van der Waals surface area contributed by atoms with Crippen molar-refractivity contribution in [3.8, 4) is 0 Å². The average Bonchev–Trinajstić information content (AvgIpc) is 3.24. The van der Waals surface area contributed by atoms with Crippen molar-refractivity contribution in [1.82, 2.24) is 14.6 Å². The Kier molecular flexibility index (Phi) is 3.77. The van der Waals surface area contributed by atoms with Crippen molar-refractivity contribution in [2.24, 2.45) is 0 Å². The van der Waals surface area contributed by atoms with Gasteiger partial charge in [0.05, 0.1) is 18.7 Å². The van der Waals surface area contributed by atoms with E-state index in [1.54, 1.807) is 12.5 Å². The first-order chi connectivity index (χ1) is 11.3. The van der Waals surface area contributed by atoms with Crippen molar-refractivity contribution in [2.75, 3.05) is 5.32 Å². The van der Waals surface area contributed by atoms with E-state index in [1.807, 2.05) is 16.8 Å². The molecule has 1 aliphatic rings. The fourth-order valence-corrected chi connectivity index (χ4v) is 3.41. The number of nitrogens with one attached hydrogen (secondary N) is 1. The third kappa shape index (κ3) is 2.83. The summed E-state index contributed by atoms with van der Waals surface area (Å²) in [5.74, 6) is 1.59. The molecule has 1 fully saturated rings. The van der Waals surface area contributed by atoms with Gasteiger partial charge in [-0.05, 0) is 25.8 Å². The van der Waals surface area contributed by atoms with Crippen molar-refractivity contribution in [2.45, 2.75) is 51.5 Å². The van der Waals surface area contributed by atoms with E-state index >= 15 is 0 Å². The summed E-state index contributed by atoms with van der Waals surface area (Å²) in [6.45, 7) is 2.79. The summed E-state index contributed by atoms with van der Waals surface area (Å²) >= 11 is 0. The highest BCUT2D eigenvalue weighted by Crippen LogP contribution is 2.33. The Labute approximate surface area is 135 Å². The number of anilines is 1. The zero-order chi connectivity index (χ0) is 15.6. The van der Waals surface area contributed by atoms with Crippen LogP contribution in [0.4, 0.5) is 5.82 Å². The van der Waals surface area contributed by atoms with Crippen molar-refractivity contribution < 1.29 is 4.42 Å². The fraction of sp³-hybridized carbons (Fsp3) is 0.444. The van der Waals surface area contributed by atoms with Gasteiger partial charge in [0.25, 0.3) is 0 Å². The molecule has 23 heavy (non-hydrogen) atoms. The van der Waals surface area contributed by atoms with Crippen LogP contribution in [0.1, 0.15) is 54.8 Å². The second-order valence-corrected chi connectivity index (χ2v) is 6.45. The van der Waals surface area contributed by atoms with Crippen LogP contribution >= 0.6 is 0 Å². The maximum atomic E-state index is 5.14. The second-order valence-electron chi connectivity index (χ2n) is 6.45. The van der Waals surface area contributed by atoms with Gasteiger partial charge in [0.2, 0.25) is 0 Å². The molecule has 1 saturated carbocycles. The van der Waals surface area contributed by atoms with Crippen LogP contribution in [-0.2, 0) is 6.54 Å². The third-order valence-electron chi connectivity index (χ3n) is 4.75. The molecule has 0 aromatic carbocycles. The molecule has 4 rings (SSSR count). The van der Waals surface area contributed by atoms with Gasteiger partial charge in [0.1, 0.15) is 5.82 Å². The van der Waals surface area contributed by atoms with Gasteiger partial charge in [0.15, 0.2) is 5.65 Å². The number of aryl methyl sites for hydroxylation is 1. The third-order valence-corrected chi connectivity index (χ3v) is 4.75. The van der Waals surface area contributed by atoms with E-state index in [0.717, 1.165) is 29.1 Å². The topological polar surface area (TPSA) is 55.4 Å². The van der Waals surface area contributed by atoms with E-state index in [2.05, 4.69) is 23.4 Å². The maximum Gasteiger partial charge on any atom is 0.160 e. The molecule has 5 nitrogen and oxygen atoms in total. The highest BCUT2D eigenvalue weighted by Gasteiger charge is 2.19. The van der Waals surface area contributed by atoms with E-state index < -0.39 is 0 Å². The highest BCUT2D eigenvalue weighted by molar-refractivity contribution is 5.54. The molecular formula is C18H22N4O. The van der Waals surface area contributed by atoms with Gasteiger partial charge in [-0.25, -0.2) is 4.98 Å². The van der Waals surface area contributed by atoms with E-state index in [1.165, 1.54) is 37.8 Å². The van der Waals surface area contributed by atoms with Crippen LogP contribution in [0.5, 0.6) is 0 Å². The van der Waals surface area contributed by atoms with Crippen molar-refractivity contribution >= 4 is 11.5 Å². The number of aromatic nitrogens is 3. The van der Waals surface area contributed by atoms with Crippen LogP contribution in [0.15, 0.2) is 35.3 Å². The summed E-state index contributed by atoms with van der Waals surface area (Å²) in [6.07, 6.45) is 11.8. The summed E-state index contributed by atoms with van der Waals surface area (Å²) in [7, 11) is 0. The Bertz CT molecular complexity index is 785. The first-order valence-corrected chi connectivity index (χ1v) is 8.41. The minimum atomic E-state index is 0.581. The van der Waals surface area contributed by atoms with E-state index in [0.29, 0.717) is 5.92 Å². The normalized spacial score (nSPS) is 16.0. The summed E-state index contributed by atoms with van der Waals surface area (Å²) in [6, 6.07) is 4.15. The first-order valence-electron chi connectivity index (χ1n) is 8.41. The van der Waals surface area contributed by atoms with Gasteiger partial charge in [-0.15, -0.1) is 0 Å². The lowest BCUT2D eigenvalue weighted by Gasteiger charge is -2.22. The van der Waals surface area contributed by atoms with E-state index in [4.69, 9.17) is 9.40 Å². The van der Waals surface area contributed by atoms with Crippen molar-refractivity contribution in [3.05, 3.63) is 47.7 Å². The Balaban J connectivity index is 1.68. The number of hydrogen-bond acceptors (Lipinski definition) is 4. The Hall–Kier alpha value is -2.30. The van der Waals surface area contributed by atoms with Gasteiger partial charge >= 0.3 is 0 Å². The van der Waals surface area contributed by atoms with Gasteiger partial charge < -0.3 is 9.73 Å².